The van der Waals surface area contributed by atoms with Gasteiger partial charge in [-0.05, 0) is 18.7 Å². The van der Waals surface area contributed by atoms with Gasteiger partial charge in [0.2, 0.25) is 5.91 Å². The van der Waals surface area contributed by atoms with Crippen LogP contribution in [0.2, 0.25) is 0 Å². The highest BCUT2D eigenvalue weighted by atomic mass is 16.1. The van der Waals surface area contributed by atoms with E-state index in [1.54, 1.807) is 6.20 Å². The molecule has 0 atom stereocenters. The van der Waals surface area contributed by atoms with Crippen molar-refractivity contribution in [1.29, 1.82) is 0 Å². The number of hydrogen-bond donors (Lipinski definition) is 1. The van der Waals surface area contributed by atoms with E-state index in [4.69, 9.17) is 5.73 Å². The molecule has 0 aromatic carbocycles. The first-order valence-electron chi connectivity index (χ1n) is 5.13. The van der Waals surface area contributed by atoms with Gasteiger partial charge in [0.1, 0.15) is 0 Å². The average Bonchev–Trinajstić information content (AvgIpc) is 2.25. The summed E-state index contributed by atoms with van der Waals surface area (Å²) in [5.74, 6) is -0.255. The van der Waals surface area contributed by atoms with E-state index in [-0.39, 0.29) is 5.91 Å². The van der Waals surface area contributed by atoms with Gasteiger partial charge in [-0.25, -0.2) is 0 Å². The molecular weight excluding hydrogens is 190 g/mol. The van der Waals surface area contributed by atoms with Crippen molar-refractivity contribution in [3.05, 3.63) is 30.1 Å². The summed E-state index contributed by atoms with van der Waals surface area (Å²) in [6.07, 6.45) is 2.18. The summed E-state index contributed by atoms with van der Waals surface area (Å²) >= 11 is 0. The number of nitrogens with two attached hydrogens (primary N) is 1. The van der Waals surface area contributed by atoms with Crippen LogP contribution in [0.4, 0.5) is 0 Å². The summed E-state index contributed by atoms with van der Waals surface area (Å²) in [7, 11) is 0. The molecule has 1 aromatic heterocycles. The number of nitrogens with zero attached hydrogens (tertiary/aromatic N) is 2. The van der Waals surface area contributed by atoms with Crippen molar-refractivity contribution < 1.29 is 4.79 Å². The first kappa shape index (κ1) is 11.7. The summed E-state index contributed by atoms with van der Waals surface area (Å²) in [5.41, 5.74) is 6.13. The molecule has 1 heterocycles. The molecule has 2 N–H and O–H groups in total. The maximum atomic E-state index is 10.7. The Morgan fingerprint density at radius 3 is 2.87 bits per heavy atom. The van der Waals surface area contributed by atoms with Gasteiger partial charge in [-0.3, -0.25) is 14.7 Å². The molecule has 0 bridgehead atoms. The van der Waals surface area contributed by atoms with Gasteiger partial charge in [-0.2, -0.15) is 0 Å². The minimum atomic E-state index is -0.255. The molecule has 1 rings (SSSR count). The van der Waals surface area contributed by atoms with Crippen molar-refractivity contribution in [2.75, 3.05) is 13.1 Å². The maximum absolute atomic E-state index is 10.7. The van der Waals surface area contributed by atoms with E-state index in [9.17, 15) is 4.79 Å². The molecule has 1 aromatic rings. The third-order valence-electron chi connectivity index (χ3n) is 2.23. The lowest BCUT2D eigenvalue weighted by molar-refractivity contribution is -0.118. The van der Waals surface area contributed by atoms with Crippen LogP contribution >= 0.6 is 0 Å². The highest BCUT2D eigenvalue weighted by Crippen LogP contribution is 2.01. The van der Waals surface area contributed by atoms with E-state index in [2.05, 4.69) is 16.8 Å². The van der Waals surface area contributed by atoms with Gasteiger partial charge in [0.25, 0.3) is 0 Å². The van der Waals surface area contributed by atoms with Gasteiger partial charge in [0, 0.05) is 25.7 Å². The third kappa shape index (κ3) is 4.56. The summed E-state index contributed by atoms with van der Waals surface area (Å²) in [6.45, 7) is 4.42. The van der Waals surface area contributed by atoms with E-state index in [1.165, 1.54) is 0 Å². The number of rotatable bonds is 6. The number of pyridine rings is 1. The van der Waals surface area contributed by atoms with Crippen molar-refractivity contribution in [3.8, 4) is 0 Å². The van der Waals surface area contributed by atoms with E-state index in [0.717, 1.165) is 18.8 Å². The monoisotopic (exact) mass is 207 g/mol. The van der Waals surface area contributed by atoms with Gasteiger partial charge in [0.15, 0.2) is 0 Å². The lowest BCUT2D eigenvalue weighted by Crippen LogP contribution is -2.27. The molecule has 1 amide bonds. The minimum Gasteiger partial charge on any atom is -0.370 e. The quantitative estimate of drug-likeness (QED) is 0.750. The fourth-order valence-corrected chi connectivity index (χ4v) is 1.34. The second-order valence-corrected chi connectivity index (χ2v) is 3.41. The molecule has 0 saturated carbocycles. The van der Waals surface area contributed by atoms with Gasteiger partial charge < -0.3 is 5.73 Å². The van der Waals surface area contributed by atoms with Crippen LogP contribution in [0.25, 0.3) is 0 Å². The third-order valence-corrected chi connectivity index (χ3v) is 2.23. The van der Waals surface area contributed by atoms with E-state index >= 15 is 0 Å². The first-order valence-corrected chi connectivity index (χ1v) is 5.13. The molecule has 0 fully saturated rings. The Bertz CT molecular complexity index is 300. The number of carbonyl (C=O) groups is 1. The van der Waals surface area contributed by atoms with Crippen LogP contribution in [0.15, 0.2) is 24.4 Å². The van der Waals surface area contributed by atoms with Crippen molar-refractivity contribution in [1.82, 2.24) is 9.88 Å². The highest BCUT2D eigenvalue weighted by molar-refractivity contribution is 5.73. The summed E-state index contributed by atoms with van der Waals surface area (Å²) < 4.78 is 0. The van der Waals surface area contributed by atoms with Gasteiger partial charge in [-0.15, -0.1) is 0 Å². The predicted octanol–water partition coefficient (Wildman–Crippen LogP) is 0.779. The number of amides is 1. The zero-order valence-corrected chi connectivity index (χ0v) is 9.02. The molecule has 15 heavy (non-hydrogen) atoms. The number of aromatic nitrogens is 1. The molecule has 0 saturated heterocycles. The van der Waals surface area contributed by atoms with Crippen molar-refractivity contribution in [3.63, 3.8) is 0 Å². The summed E-state index contributed by atoms with van der Waals surface area (Å²) in [6, 6.07) is 5.83. The van der Waals surface area contributed by atoms with Crippen LogP contribution in [0.3, 0.4) is 0 Å². The molecule has 0 aliphatic carbocycles. The molecule has 0 aliphatic heterocycles. The molecular formula is C11H17N3O. The predicted molar refractivity (Wildman–Crippen MR) is 59.0 cm³/mol. The topological polar surface area (TPSA) is 59.2 Å². The maximum Gasteiger partial charge on any atom is 0.218 e. The Morgan fingerprint density at radius 2 is 2.33 bits per heavy atom. The normalized spacial score (nSPS) is 10.5. The fraction of sp³-hybridized carbons (Fsp3) is 0.455. The second-order valence-electron chi connectivity index (χ2n) is 3.41. The van der Waals surface area contributed by atoms with Crippen molar-refractivity contribution in [2.45, 2.75) is 19.9 Å². The smallest absolute Gasteiger partial charge is 0.218 e. The van der Waals surface area contributed by atoms with Crippen LogP contribution < -0.4 is 5.73 Å². The van der Waals surface area contributed by atoms with Gasteiger partial charge in [0.05, 0.1) is 5.69 Å². The van der Waals surface area contributed by atoms with Crippen molar-refractivity contribution in [2.24, 2.45) is 5.73 Å². The van der Waals surface area contributed by atoms with Gasteiger partial charge in [-0.1, -0.05) is 13.0 Å². The van der Waals surface area contributed by atoms with Gasteiger partial charge >= 0.3 is 0 Å². The van der Waals surface area contributed by atoms with Crippen molar-refractivity contribution >= 4 is 5.91 Å². The highest BCUT2D eigenvalue weighted by Gasteiger charge is 2.05. The first-order chi connectivity index (χ1) is 7.22. The molecule has 0 radical (unpaired) electrons. The Balaban J connectivity index is 2.43. The zero-order valence-electron chi connectivity index (χ0n) is 9.02. The van der Waals surface area contributed by atoms with E-state index in [1.807, 2.05) is 18.2 Å². The standard InChI is InChI=1S/C11H17N3O/c1-2-14(8-6-11(12)15)9-10-5-3-4-7-13-10/h3-5,7H,2,6,8-9H2,1H3,(H2,12,15). The van der Waals surface area contributed by atoms with Crippen LogP contribution in [-0.2, 0) is 11.3 Å². The Morgan fingerprint density at radius 1 is 1.53 bits per heavy atom. The molecule has 4 nitrogen and oxygen atoms in total. The molecule has 0 unspecified atom stereocenters. The minimum absolute atomic E-state index is 0.255. The van der Waals surface area contributed by atoms with Crippen LogP contribution in [-0.4, -0.2) is 28.9 Å². The number of carbonyl (C=O) groups excluding carboxylic acids is 1. The summed E-state index contributed by atoms with van der Waals surface area (Å²) in [4.78, 5) is 17.0. The van der Waals surface area contributed by atoms with E-state index < -0.39 is 0 Å². The molecule has 0 aliphatic rings. The largest absolute Gasteiger partial charge is 0.370 e. The average molecular weight is 207 g/mol. The Kier molecular flexibility index (Phi) is 4.77. The van der Waals surface area contributed by atoms with E-state index in [0.29, 0.717) is 13.0 Å². The lowest BCUT2D eigenvalue weighted by atomic mass is 10.3. The SMILES string of the molecule is CCN(CCC(N)=O)Cc1ccccn1. The van der Waals surface area contributed by atoms with Crippen LogP contribution in [0, 0.1) is 0 Å². The lowest BCUT2D eigenvalue weighted by Gasteiger charge is -2.18. The Hall–Kier alpha value is -1.42. The van der Waals surface area contributed by atoms with Crippen LogP contribution in [0.5, 0.6) is 0 Å². The molecule has 4 heteroatoms. The number of primary amides is 1. The zero-order chi connectivity index (χ0) is 11.1. The summed E-state index contributed by atoms with van der Waals surface area (Å²) in [5, 5.41) is 0. The second kappa shape index (κ2) is 6.14. The number of hydrogen-bond acceptors (Lipinski definition) is 3. The Labute approximate surface area is 90.1 Å². The van der Waals surface area contributed by atoms with Crippen LogP contribution in [0.1, 0.15) is 19.0 Å². The fourth-order valence-electron chi connectivity index (χ4n) is 1.34. The molecule has 0 spiro atoms. The molecule has 82 valence electrons.